The van der Waals surface area contributed by atoms with Gasteiger partial charge in [0.05, 0.1) is 11.9 Å². The van der Waals surface area contributed by atoms with E-state index in [1.165, 1.54) is 6.92 Å². The van der Waals surface area contributed by atoms with Gasteiger partial charge in [0.25, 0.3) is 0 Å². The zero-order valence-electron chi connectivity index (χ0n) is 7.12. The maximum absolute atomic E-state index is 9.49. The van der Waals surface area contributed by atoms with E-state index in [2.05, 4.69) is 13.2 Å². The monoisotopic (exact) mass is 195 g/mol. The zero-order chi connectivity index (χ0) is 9.44. The summed E-state index contributed by atoms with van der Waals surface area (Å²) in [4.78, 5) is 18.6. The largest absolute Gasteiger partial charge is 1.00 e. The van der Waals surface area contributed by atoms with E-state index in [9.17, 15) is 9.90 Å². The van der Waals surface area contributed by atoms with Gasteiger partial charge in [-0.25, -0.2) is 0 Å². The van der Waals surface area contributed by atoms with Crippen LogP contribution in [0, 0.1) is 0 Å². The van der Waals surface area contributed by atoms with Crippen molar-refractivity contribution < 1.29 is 71.2 Å². The quantitative estimate of drug-likeness (QED) is 0.327. The van der Waals surface area contributed by atoms with Gasteiger partial charge >= 0.3 is 51.4 Å². The molecule has 5 heteroatoms. The van der Waals surface area contributed by atoms with Crippen molar-refractivity contribution in [3.05, 3.63) is 24.8 Å². The fourth-order valence-corrected chi connectivity index (χ4v) is 0. The molecule has 0 unspecified atom stereocenters. The second kappa shape index (κ2) is 11.1. The molecule has 0 saturated carbocycles. The van der Waals surface area contributed by atoms with Gasteiger partial charge in [-0.2, -0.15) is 0 Å². The second-order valence-electron chi connectivity index (χ2n) is 1.59. The predicted octanol–water partition coefficient (Wildman–Crippen LogP) is -4.76. The van der Waals surface area contributed by atoms with Gasteiger partial charge in [0.15, 0.2) is 0 Å². The van der Waals surface area contributed by atoms with E-state index >= 15 is 0 Å². The minimum atomic E-state index is -1.23. The first-order chi connectivity index (χ1) is 4.91. The number of carboxylic acid groups (broad SMARTS) is 2. The molecule has 0 bridgehead atoms. The van der Waals surface area contributed by atoms with Crippen molar-refractivity contribution >= 4 is 11.9 Å². The number of carboxylic acids is 2. The van der Waals surface area contributed by atoms with E-state index in [1.807, 2.05) is 0 Å². The molecule has 0 aromatic rings. The number of carbonyl (C=O) groups is 2. The summed E-state index contributed by atoms with van der Waals surface area (Å²) < 4.78 is 0. The van der Waals surface area contributed by atoms with E-state index in [-0.39, 0.29) is 57.0 Å². The molecular formula is C7H8KO4-. The molecule has 62 valence electrons. The van der Waals surface area contributed by atoms with Crippen molar-refractivity contribution in [2.45, 2.75) is 6.92 Å². The minimum Gasteiger partial charge on any atom is -0.545 e. The van der Waals surface area contributed by atoms with Crippen LogP contribution in [0.1, 0.15) is 6.92 Å². The van der Waals surface area contributed by atoms with Crippen molar-refractivity contribution in [2.24, 2.45) is 0 Å². The van der Waals surface area contributed by atoms with Crippen molar-refractivity contribution in [3.63, 3.8) is 0 Å². The molecule has 0 N–H and O–H groups in total. The summed E-state index contributed by atoms with van der Waals surface area (Å²) in [6, 6.07) is 0. The molecule has 0 atom stereocenters. The van der Waals surface area contributed by atoms with Gasteiger partial charge < -0.3 is 19.8 Å². The summed E-state index contributed by atoms with van der Waals surface area (Å²) in [5.41, 5.74) is 0.0648. The Morgan fingerprint density at radius 1 is 1.33 bits per heavy atom. The molecule has 0 fully saturated rings. The van der Waals surface area contributed by atoms with Gasteiger partial charge in [-0.05, 0) is 18.6 Å². The van der Waals surface area contributed by atoms with E-state index in [0.717, 1.165) is 6.08 Å². The van der Waals surface area contributed by atoms with Crippen LogP contribution in [0.2, 0.25) is 0 Å². The first kappa shape index (κ1) is 18.0. The molecule has 0 aromatic heterocycles. The molecular weight excluding hydrogens is 187 g/mol. The molecule has 0 aliphatic heterocycles. The van der Waals surface area contributed by atoms with Crippen LogP contribution in [-0.4, -0.2) is 11.9 Å². The van der Waals surface area contributed by atoms with E-state index in [0.29, 0.717) is 0 Å². The van der Waals surface area contributed by atoms with Crippen molar-refractivity contribution in [1.29, 1.82) is 0 Å². The third-order valence-corrected chi connectivity index (χ3v) is 0.515. The van der Waals surface area contributed by atoms with E-state index in [1.54, 1.807) is 0 Å². The molecule has 0 aromatic carbocycles. The van der Waals surface area contributed by atoms with Crippen LogP contribution in [0.15, 0.2) is 24.8 Å². The maximum Gasteiger partial charge on any atom is 1.00 e. The standard InChI is InChI=1S/C4H6O2.C3H4O2.K/c1-3(2)4(5)6;1-2-3(4)5;/h1H2,2H3,(H,5,6);2H,1H2,(H,4,5);/q;;+1/p-2. The van der Waals surface area contributed by atoms with Gasteiger partial charge in [-0.1, -0.05) is 13.2 Å². The van der Waals surface area contributed by atoms with Crippen LogP contribution in [-0.2, 0) is 9.59 Å². The Balaban J connectivity index is -0.000000126. The van der Waals surface area contributed by atoms with E-state index < -0.39 is 11.9 Å². The molecule has 0 amide bonds. The first-order valence-corrected chi connectivity index (χ1v) is 2.62. The summed E-state index contributed by atoms with van der Waals surface area (Å²) in [5, 5.41) is 18.6. The SMILES string of the molecule is C=C(C)C(=O)[O-].C=CC(=O)[O-].[K+]. The van der Waals surface area contributed by atoms with Crippen molar-refractivity contribution in [3.8, 4) is 0 Å². The number of aliphatic carboxylic acids is 2. The topological polar surface area (TPSA) is 80.3 Å². The molecule has 0 aliphatic carbocycles. The number of hydrogen-bond donors (Lipinski definition) is 0. The smallest absolute Gasteiger partial charge is 0.545 e. The van der Waals surface area contributed by atoms with Gasteiger partial charge in [0.2, 0.25) is 0 Å². The van der Waals surface area contributed by atoms with Crippen LogP contribution in [0.4, 0.5) is 0 Å². The number of carbonyl (C=O) groups excluding carboxylic acids is 2. The van der Waals surface area contributed by atoms with Crippen LogP contribution < -0.4 is 61.6 Å². The number of rotatable bonds is 2. The van der Waals surface area contributed by atoms with Crippen LogP contribution >= 0.6 is 0 Å². The van der Waals surface area contributed by atoms with Gasteiger partial charge in [0, 0.05) is 0 Å². The first-order valence-electron chi connectivity index (χ1n) is 2.62. The molecule has 0 radical (unpaired) electrons. The fourth-order valence-electron chi connectivity index (χ4n) is 0. The average Bonchev–Trinajstić information content (AvgIpc) is 1.89. The summed E-state index contributed by atoms with van der Waals surface area (Å²) in [6.07, 6.45) is 0.722. The van der Waals surface area contributed by atoms with Crippen molar-refractivity contribution in [1.82, 2.24) is 0 Å². The zero-order valence-corrected chi connectivity index (χ0v) is 10.2. The molecule has 0 spiro atoms. The Morgan fingerprint density at radius 2 is 1.50 bits per heavy atom. The molecule has 0 saturated heterocycles. The van der Waals surface area contributed by atoms with Crippen LogP contribution in [0.5, 0.6) is 0 Å². The Hall–Kier alpha value is 0.0564. The molecule has 0 heterocycles. The van der Waals surface area contributed by atoms with Gasteiger partial charge in [0.1, 0.15) is 0 Å². The molecule has 0 rings (SSSR count). The van der Waals surface area contributed by atoms with E-state index in [4.69, 9.17) is 9.90 Å². The summed E-state index contributed by atoms with van der Waals surface area (Å²) in [6.45, 7) is 7.38. The molecule has 4 nitrogen and oxygen atoms in total. The van der Waals surface area contributed by atoms with Crippen molar-refractivity contribution in [2.75, 3.05) is 0 Å². The van der Waals surface area contributed by atoms with Gasteiger partial charge in [-0.15, -0.1) is 0 Å². The Labute approximate surface area is 113 Å². The normalized spacial score (nSPS) is 6.42. The Kier molecular flexibility index (Phi) is 16.6. The maximum atomic E-state index is 9.49. The summed E-state index contributed by atoms with van der Waals surface area (Å²) in [5.74, 6) is -2.42. The predicted molar refractivity (Wildman–Crippen MR) is 35.0 cm³/mol. The Bertz CT molecular complexity index is 174. The Morgan fingerprint density at radius 3 is 1.50 bits per heavy atom. The minimum absolute atomic E-state index is 0. The van der Waals surface area contributed by atoms with Crippen LogP contribution in [0.25, 0.3) is 0 Å². The summed E-state index contributed by atoms with van der Waals surface area (Å²) >= 11 is 0. The molecule has 12 heavy (non-hydrogen) atoms. The second-order valence-corrected chi connectivity index (χ2v) is 1.59. The van der Waals surface area contributed by atoms with Gasteiger partial charge in [-0.3, -0.25) is 0 Å². The molecule has 0 aliphatic rings. The number of hydrogen-bond acceptors (Lipinski definition) is 4. The third kappa shape index (κ3) is 22.5. The van der Waals surface area contributed by atoms with Crippen LogP contribution in [0.3, 0.4) is 0 Å². The third-order valence-electron chi connectivity index (χ3n) is 0.515. The summed E-state index contributed by atoms with van der Waals surface area (Å²) in [7, 11) is 0. The average molecular weight is 195 g/mol. The fraction of sp³-hybridized carbons (Fsp3) is 0.143.